The summed E-state index contributed by atoms with van der Waals surface area (Å²) in [5.74, 6) is 0.771. The third-order valence-electron chi connectivity index (χ3n) is 3.85. The lowest BCUT2D eigenvalue weighted by molar-refractivity contribution is 0.162. The van der Waals surface area contributed by atoms with Crippen molar-refractivity contribution in [2.75, 3.05) is 13.1 Å². The van der Waals surface area contributed by atoms with Crippen LogP contribution in [0.5, 0.6) is 0 Å². The first-order valence-electron chi connectivity index (χ1n) is 6.62. The Kier molecular flexibility index (Phi) is 3.36. The first-order valence-corrected chi connectivity index (χ1v) is 6.62. The zero-order valence-electron chi connectivity index (χ0n) is 10.3. The second-order valence-corrected chi connectivity index (χ2v) is 6.12. The summed E-state index contributed by atoms with van der Waals surface area (Å²) in [6, 6.07) is 0.841. The lowest BCUT2D eigenvalue weighted by Gasteiger charge is -2.32. The van der Waals surface area contributed by atoms with Gasteiger partial charge in [-0.15, -0.1) is 0 Å². The zero-order valence-corrected chi connectivity index (χ0v) is 10.3. The van der Waals surface area contributed by atoms with Gasteiger partial charge in [-0.25, -0.2) is 0 Å². The van der Waals surface area contributed by atoms with Gasteiger partial charge in [0.2, 0.25) is 0 Å². The maximum Gasteiger partial charge on any atom is 0.0284 e. The molecule has 15 heavy (non-hydrogen) atoms. The Morgan fingerprint density at radius 1 is 1.27 bits per heavy atom. The van der Waals surface area contributed by atoms with Crippen molar-refractivity contribution >= 4 is 0 Å². The number of nitrogens with zero attached hydrogens (tertiary/aromatic N) is 1. The average molecular weight is 210 g/mol. The second-order valence-electron chi connectivity index (χ2n) is 6.12. The normalized spacial score (nSPS) is 25.4. The van der Waals surface area contributed by atoms with Gasteiger partial charge in [0, 0.05) is 24.7 Å². The van der Waals surface area contributed by atoms with Crippen LogP contribution in [0.25, 0.3) is 0 Å². The summed E-state index contributed by atoms with van der Waals surface area (Å²) in [6.45, 7) is 7.02. The Balaban J connectivity index is 1.89. The summed E-state index contributed by atoms with van der Waals surface area (Å²) >= 11 is 0. The quantitative estimate of drug-likeness (QED) is 0.755. The van der Waals surface area contributed by atoms with Gasteiger partial charge in [0.25, 0.3) is 0 Å². The molecule has 0 unspecified atom stereocenters. The van der Waals surface area contributed by atoms with Crippen molar-refractivity contribution in [2.45, 2.75) is 64.0 Å². The van der Waals surface area contributed by atoms with E-state index in [2.05, 4.69) is 18.7 Å². The van der Waals surface area contributed by atoms with E-state index in [1.165, 1.54) is 45.1 Å². The SMILES string of the molecule is CC(C)CN(CC1(N)CC1)C1CCCC1. The van der Waals surface area contributed by atoms with Gasteiger partial charge >= 0.3 is 0 Å². The molecule has 0 atom stereocenters. The second kappa shape index (κ2) is 4.42. The Bertz CT molecular complexity index is 203. The van der Waals surface area contributed by atoms with E-state index in [1.54, 1.807) is 0 Å². The Morgan fingerprint density at radius 2 is 1.87 bits per heavy atom. The van der Waals surface area contributed by atoms with Crippen molar-refractivity contribution in [3.05, 3.63) is 0 Å². The minimum Gasteiger partial charge on any atom is -0.324 e. The van der Waals surface area contributed by atoms with E-state index >= 15 is 0 Å². The molecule has 2 saturated carbocycles. The summed E-state index contributed by atoms with van der Waals surface area (Å²) in [4.78, 5) is 2.69. The number of nitrogens with two attached hydrogens (primary N) is 1. The molecule has 2 aliphatic rings. The summed E-state index contributed by atoms with van der Waals surface area (Å²) in [7, 11) is 0. The van der Waals surface area contributed by atoms with E-state index in [4.69, 9.17) is 5.73 Å². The molecule has 0 amide bonds. The molecule has 0 spiro atoms. The topological polar surface area (TPSA) is 29.3 Å². The highest BCUT2D eigenvalue weighted by molar-refractivity contribution is 5.02. The van der Waals surface area contributed by atoms with Gasteiger partial charge in [-0.2, -0.15) is 0 Å². The van der Waals surface area contributed by atoms with Crippen molar-refractivity contribution < 1.29 is 0 Å². The molecule has 0 aromatic carbocycles. The molecule has 2 aliphatic carbocycles. The molecule has 2 fully saturated rings. The number of hydrogen-bond donors (Lipinski definition) is 1. The maximum absolute atomic E-state index is 6.25. The van der Waals surface area contributed by atoms with E-state index < -0.39 is 0 Å². The van der Waals surface area contributed by atoms with Gasteiger partial charge in [0.15, 0.2) is 0 Å². The number of rotatable bonds is 5. The molecule has 0 aromatic rings. The predicted molar refractivity (Wildman–Crippen MR) is 64.8 cm³/mol. The van der Waals surface area contributed by atoms with Crippen molar-refractivity contribution in [3.63, 3.8) is 0 Å². The molecular formula is C13H26N2. The summed E-state index contributed by atoms with van der Waals surface area (Å²) < 4.78 is 0. The molecule has 0 aliphatic heterocycles. The van der Waals surface area contributed by atoms with Gasteiger partial charge < -0.3 is 5.73 Å². The van der Waals surface area contributed by atoms with Crippen molar-refractivity contribution in [1.82, 2.24) is 4.90 Å². The highest BCUT2D eigenvalue weighted by atomic mass is 15.2. The molecule has 88 valence electrons. The van der Waals surface area contributed by atoms with Crippen LogP contribution < -0.4 is 5.73 Å². The maximum atomic E-state index is 6.25. The van der Waals surface area contributed by atoms with E-state index in [-0.39, 0.29) is 5.54 Å². The zero-order chi connectivity index (χ0) is 10.9. The van der Waals surface area contributed by atoms with Crippen LogP contribution in [0.2, 0.25) is 0 Å². The van der Waals surface area contributed by atoms with E-state index in [9.17, 15) is 0 Å². The largest absolute Gasteiger partial charge is 0.324 e. The van der Waals surface area contributed by atoms with Gasteiger partial charge in [-0.1, -0.05) is 26.7 Å². The molecule has 2 nitrogen and oxygen atoms in total. The predicted octanol–water partition coefficient (Wildman–Crippen LogP) is 2.38. The molecule has 0 heterocycles. The Labute approximate surface area is 94.2 Å². The van der Waals surface area contributed by atoms with E-state index in [0.29, 0.717) is 0 Å². The van der Waals surface area contributed by atoms with Crippen LogP contribution in [0.3, 0.4) is 0 Å². The molecule has 2 heteroatoms. The fraction of sp³-hybridized carbons (Fsp3) is 1.00. The van der Waals surface area contributed by atoms with Crippen LogP contribution in [0, 0.1) is 5.92 Å². The fourth-order valence-corrected chi connectivity index (χ4v) is 2.80. The lowest BCUT2D eigenvalue weighted by Crippen LogP contribution is -2.45. The Morgan fingerprint density at radius 3 is 2.33 bits per heavy atom. The highest BCUT2D eigenvalue weighted by Crippen LogP contribution is 2.35. The first-order chi connectivity index (χ1) is 7.09. The fourth-order valence-electron chi connectivity index (χ4n) is 2.80. The van der Waals surface area contributed by atoms with Gasteiger partial charge in [0.05, 0.1) is 0 Å². The summed E-state index contributed by atoms with van der Waals surface area (Å²) in [5, 5.41) is 0. The van der Waals surface area contributed by atoms with Crippen LogP contribution in [0.4, 0.5) is 0 Å². The highest BCUT2D eigenvalue weighted by Gasteiger charge is 2.41. The van der Waals surface area contributed by atoms with Crippen LogP contribution in [-0.2, 0) is 0 Å². The summed E-state index contributed by atoms with van der Waals surface area (Å²) in [5.41, 5.74) is 6.44. The lowest BCUT2D eigenvalue weighted by atomic mass is 10.1. The molecule has 0 radical (unpaired) electrons. The van der Waals surface area contributed by atoms with Gasteiger partial charge in [-0.05, 0) is 31.6 Å². The minimum absolute atomic E-state index is 0.192. The molecule has 2 rings (SSSR count). The number of hydrogen-bond acceptors (Lipinski definition) is 2. The van der Waals surface area contributed by atoms with Crippen molar-refractivity contribution in [1.29, 1.82) is 0 Å². The van der Waals surface area contributed by atoms with Gasteiger partial charge in [0.1, 0.15) is 0 Å². The average Bonchev–Trinajstić information content (AvgIpc) is 2.70. The Hall–Kier alpha value is -0.0800. The van der Waals surface area contributed by atoms with Crippen molar-refractivity contribution in [3.8, 4) is 0 Å². The molecular weight excluding hydrogens is 184 g/mol. The van der Waals surface area contributed by atoms with Crippen LogP contribution in [0.1, 0.15) is 52.4 Å². The van der Waals surface area contributed by atoms with Crippen LogP contribution >= 0.6 is 0 Å². The first kappa shape index (κ1) is 11.4. The smallest absolute Gasteiger partial charge is 0.0284 e. The summed E-state index contributed by atoms with van der Waals surface area (Å²) in [6.07, 6.45) is 8.15. The molecule has 0 bridgehead atoms. The van der Waals surface area contributed by atoms with E-state index in [0.717, 1.165) is 18.5 Å². The monoisotopic (exact) mass is 210 g/mol. The third kappa shape index (κ3) is 3.18. The van der Waals surface area contributed by atoms with Gasteiger partial charge in [-0.3, -0.25) is 4.90 Å². The van der Waals surface area contributed by atoms with Crippen LogP contribution in [0.15, 0.2) is 0 Å². The molecule has 2 N–H and O–H groups in total. The molecule has 0 aromatic heterocycles. The van der Waals surface area contributed by atoms with E-state index in [1.807, 2.05) is 0 Å². The third-order valence-corrected chi connectivity index (χ3v) is 3.85. The minimum atomic E-state index is 0.192. The molecule has 0 saturated heterocycles. The van der Waals surface area contributed by atoms with Crippen molar-refractivity contribution in [2.24, 2.45) is 11.7 Å². The standard InChI is InChI=1S/C13H26N2/c1-11(2)9-15(10-13(14)7-8-13)12-5-3-4-6-12/h11-12H,3-10,14H2,1-2H3. The van der Waals surface area contributed by atoms with Crippen LogP contribution in [-0.4, -0.2) is 29.6 Å².